The van der Waals surface area contributed by atoms with Crippen LogP contribution in [0.3, 0.4) is 0 Å². The molecular formula is C24H22BrIN2O2S. The summed E-state index contributed by atoms with van der Waals surface area (Å²) in [6.07, 6.45) is 6.07. The van der Waals surface area contributed by atoms with E-state index in [2.05, 4.69) is 43.8 Å². The van der Waals surface area contributed by atoms with Gasteiger partial charge in [0.1, 0.15) is 10.8 Å². The number of carbonyl (C=O) groups excluding carboxylic acids is 1. The van der Waals surface area contributed by atoms with Crippen LogP contribution >= 0.6 is 49.9 Å². The van der Waals surface area contributed by atoms with Crippen molar-refractivity contribution >= 4 is 72.7 Å². The van der Waals surface area contributed by atoms with E-state index in [-0.39, 0.29) is 5.91 Å². The maximum absolute atomic E-state index is 13.2. The van der Waals surface area contributed by atoms with Crippen molar-refractivity contribution in [2.24, 2.45) is 4.99 Å². The molecule has 0 aliphatic heterocycles. The van der Waals surface area contributed by atoms with Crippen LogP contribution in [0.1, 0.15) is 46.1 Å². The second-order valence-corrected chi connectivity index (χ2v) is 10.3. The van der Waals surface area contributed by atoms with Gasteiger partial charge in [0.25, 0.3) is 5.91 Å². The predicted molar refractivity (Wildman–Crippen MR) is 141 cm³/mol. The Hall–Kier alpha value is -1.71. The number of rotatable bonds is 6. The topological polar surface area (TPSA) is 50.7 Å². The Morgan fingerprint density at radius 2 is 2.03 bits per heavy atom. The number of fused-ring (bicyclic) bond motifs is 1. The minimum Gasteiger partial charge on any atom is -0.492 e. The van der Waals surface area contributed by atoms with E-state index >= 15 is 0 Å². The van der Waals surface area contributed by atoms with Crippen molar-refractivity contribution < 1.29 is 9.53 Å². The summed E-state index contributed by atoms with van der Waals surface area (Å²) in [5, 5.41) is 3.82. The summed E-state index contributed by atoms with van der Waals surface area (Å²) in [6.45, 7) is 2.58. The zero-order valence-electron chi connectivity index (χ0n) is 17.1. The molecule has 1 aromatic heterocycles. The fourth-order valence-electron chi connectivity index (χ4n) is 3.66. The number of thiophene rings is 1. The summed E-state index contributed by atoms with van der Waals surface area (Å²) in [4.78, 5) is 19.3. The third-order valence-electron chi connectivity index (χ3n) is 5.05. The lowest BCUT2D eigenvalue weighted by molar-refractivity contribution is 0.102. The standard InChI is InChI=1S/C24H22BrIN2O2S/c1-2-30-22-18(25)12-15(13-19(22)26)14-27-24-21(17-10-6-7-11-20(17)31-24)23(29)28-16-8-4-3-5-9-16/h3-5,8-9,12-14H,2,6-7,10-11H2,1H3,(H,28,29). The maximum Gasteiger partial charge on any atom is 0.259 e. The second-order valence-electron chi connectivity index (χ2n) is 7.22. The fourth-order valence-corrected chi connectivity index (χ4v) is 6.66. The van der Waals surface area contributed by atoms with E-state index < -0.39 is 0 Å². The molecule has 2 aromatic carbocycles. The van der Waals surface area contributed by atoms with Gasteiger partial charge in [0.05, 0.1) is 20.2 Å². The summed E-state index contributed by atoms with van der Waals surface area (Å²) in [5.41, 5.74) is 3.64. The molecule has 1 heterocycles. The van der Waals surface area contributed by atoms with Crippen molar-refractivity contribution in [3.8, 4) is 5.75 Å². The van der Waals surface area contributed by atoms with E-state index in [1.807, 2.05) is 55.6 Å². The lowest BCUT2D eigenvalue weighted by Gasteiger charge is -2.12. The number of hydrogen-bond acceptors (Lipinski definition) is 4. The molecule has 0 spiro atoms. The van der Waals surface area contributed by atoms with Gasteiger partial charge < -0.3 is 10.1 Å². The zero-order valence-corrected chi connectivity index (χ0v) is 21.6. The first-order valence-electron chi connectivity index (χ1n) is 10.2. The summed E-state index contributed by atoms with van der Waals surface area (Å²) >= 11 is 7.51. The highest BCUT2D eigenvalue weighted by atomic mass is 127. The van der Waals surface area contributed by atoms with Crippen LogP contribution in [-0.4, -0.2) is 18.7 Å². The molecule has 0 unspecified atom stereocenters. The molecule has 0 radical (unpaired) electrons. The van der Waals surface area contributed by atoms with Crippen LogP contribution in [-0.2, 0) is 12.8 Å². The molecule has 0 atom stereocenters. The summed E-state index contributed by atoms with van der Waals surface area (Å²) < 4.78 is 7.61. The van der Waals surface area contributed by atoms with Crippen molar-refractivity contribution in [3.05, 3.63) is 72.1 Å². The number of carbonyl (C=O) groups is 1. The smallest absolute Gasteiger partial charge is 0.259 e. The second kappa shape index (κ2) is 10.3. The first kappa shape index (κ1) is 22.5. The molecule has 3 aromatic rings. The molecule has 4 rings (SSSR count). The molecule has 0 saturated heterocycles. The number of amides is 1. The van der Waals surface area contributed by atoms with E-state index in [4.69, 9.17) is 9.73 Å². The SMILES string of the molecule is CCOc1c(Br)cc(C=Nc2sc3c(c2C(=O)Nc2ccccc2)CCCC3)cc1I. The third kappa shape index (κ3) is 5.21. The molecule has 160 valence electrons. The maximum atomic E-state index is 13.2. The molecule has 1 amide bonds. The number of hydrogen-bond donors (Lipinski definition) is 1. The molecule has 4 nitrogen and oxygen atoms in total. The lowest BCUT2D eigenvalue weighted by atomic mass is 9.95. The molecular weight excluding hydrogens is 587 g/mol. The Kier molecular flexibility index (Phi) is 7.45. The number of ether oxygens (including phenoxy) is 1. The highest BCUT2D eigenvalue weighted by Crippen LogP contribution is 2.40. The van der Waals surface area contributed by atoms with Gasteiger partial charge in [-0.1, -0.05) is 18.2 Å². The van der Waals surface area contributed by atoms with E-state index in [9.17, 15) is 4.79 Å². The number of aliphatic imine (C=N–C) groups is 1. The zero-order chi connectivity index (χ0) is 21.8. The van der Waals surface area contributed by atoms with E-state index in [0.29, 0.717) is 6.61 Å². The van der Waals surface area contributed by atoms with Crippen molar-refractivity contribution in [2.75, 3.05) is 11.9 Å². The van der Waals surface area contributed by atoms with Crippen molar-refractivity contribution in [1.29, 1.82) is 0 Å². The molecule has 0 bridgehead atoms. The molecule has 0 saturated carbocycles. The Labute approximate surface area is 208 Å². The van der Waals surface area contributed by atoms with Gasteiger partial charge in [0.2, 0.25) is 0 Å². The van der Waals surface area contributed by atoms with Gasteiger partial charge in [0, 0.05) is 16.8 Å². The Morgan fingerprint density at radius 3 is 2.77 bits per heavy atom. The van der Waals surface area contributed by atoms with Crippen molar-refractivity contribution in [1.82, 2.24) is 0 Å². The number of benzene rings is 2. The highest BCUT2D eigenvalue weighted by Gasteiger charge is 2.25. The minimum atomic E-state index is -0.0831. The monoisotopic (exact) mass is 608 g/mol. The molecule has 0 fully saturated rings. The van der Waals surface area contributed by atoms with Gasteiger partial charge in [-0.3, -0.25) is 4.79 Å². The number of halogens is 2. The number of nitrogens with one attached hydrogen (secondary N) is 1. The number of para-hydroxylation sites is 1. The van der Waals surface area contributed by atoms with Gasteiger partial charge >= 0.3 is 0 Å². The minimum absolute atomic E-state index is 0.0831. The van der Waals surface area contributed by atoms with E-state index in [1.165, 1.54) is 16.9 Å². The highest BCUT2D eigenvalue weighted by molar-refractivity contribution is 14.1. The van der Waals surface area contributed by atoms with E-state index in [0.717, 1.165) is 54.9 Å². The average molecular weight is 609 g/mol. The largest absolute Gasteiger partial charge is 0.492 e. The predicted octanol–water partition coefficient (Wildman–Crippen LogP) is 7.40. The lowest BCUT2D eigenvalue weighted by Crippen LogP contribution is -2.14. The number of nitrogens with zero attached hydrogens (tertiary/aromatic N) is 1. The quantitative estimate of drug-likeness (QED) is 0.234. The average Bonchev–Trinajstić information content (AvgIpc) is 3.14. The van der Waals surface area contributed by atoms with Gasteiger partial charge in [-0.2, -0.15) is 0 Å². The molecule has 1 aliphatic rings. The van der Waals surface area contributed by atoms with E-state index in [1.54, 1.807) is 11.3 Å². The van der Waals surface area contributed by atoms with Crippen LogP contribution in [0.4, 0.5) is 10.7 Å². The van der Waals surface area contributed by atoms with Gasteiger partial charge in [-0.25, -0.2) is 4.99 Å². The van der Waals surface area contributed by atoms with Crippen LogP contribution in [0.25, 0.3) is 0 Å². The van der Waals surface area contributed by atoms with Gasteiger partial charge in [-0.05, 0) is 107 Å². The molecule has 1 aliphatic carbocycles. The van der Waals surface area contributed by atoms with Crippen LogP contribution < -0.4 is 10.1 Å². The van der Waals surface area contributed by atoms with Crippen LogP contribution in [0, 0.1) is 3.57 Å². The van der Waals surface area contributed by atoms with Crippen molar-refractivity contribution in [3.63, 3.8) is 0 Å². The van der Waals surface area contributed by atoms with Crippen LogP contribution in [0.15, 0.2) is 51.9 Å². The normalized spacial score (nSPS) is 13.3. The van der Waals surface area contributed by atoms with Crippen molar-refractivity contribution in [2.45, 2.75) is 32.6 Å². The first-order chi connectivity index (χ1) is 15.1. The Bertz CT molecular complexity index is 1110. The number of aryl methyl sites for hydroxylation is 1. The number of anilines is 1. The molecule has 31 heavy (non-hydrogen) atoms. The summed E-state index contributed by atoms with van der Waals surface area (Å²) in [7, 11) is 0. The first-order valence-corrected chi connectivity index (χ1v) is 12.9. The Morgan fingerprint density at radius 1 is 1.26 bits per heavy atom. The van der Waals surface area contributed by atoms with Crippen LogP contribution in [0.2, 0.25) is 0 Å². The molecule has 7 heteroatoms. The summed E-state index contributed by atoms with van der Waals surface area (Å²) in [6, 6.07) is 13.6. The van der Waals surface area contributed by atoms with Crippen LogP contribution in [0.5, 0.6) is 5.75 Å². The Balaban J connectivity index is 1.67. The third-order valence-corrected chi connectivity index (χ3v) is 7.64. The van der Waals surface area contributed by atoms with Gasteiger partial charge in [0.15, 0.2) is 0 Å². The van der Waals surface area contributed by atoms with Gasteiger partial charge in [-0.15, -0.1) is 11.3 Å². The fraction of sp³-hybridized carbons (Fsp3) is 0.250. The summed E-state index contributed by atoms with van der Waals surface area (Å²) in [5.74, 6) is 0.759. The molecule has 1 N–H and O–H groups in total.